The Kier molecular flexibility index (Phi) is 5.73. The number of hydrogen-bond acceptors (Lipinski definition) is 4. The van der Waals surface area contributed by atoms with Crippen molar-refractivity contribution >= 4 is 29.3 Å². The van der Waals surface area contributed by atoms with E-state index in [0.717, 1.165) is 11.1 Å². The van der Waals surface area contributed by atoms with Gasteiger partial charge in [-0.2, -0.15) is 0 Å². The summed E-state index contributed by atoms with van der Waals surface area (Å²) in [5, 5.41) is 12.5. The maximum absolute atomic E-state index is 12.0. The van der Waals surface area contributed by atoms with Crippen LogP contribution in [0.1, 0.15) is 5.56 Å². The van der Waals surface area contributed by atoms with Gasteiger partial charge in [0.25, 0.3) is 0 Å². The van der Waals surface area contributed by atoms with Crippen molar-refractivity contribution in [3.63, 3.8) is 0 Å². The Labute approximate surface area is 155 Å². The molecule has 0 radical (unpaired) electrons. The molecule has 1 amide bonds. The Morgan fingerprint density at radius 1 is 1.12 bits per heavy atom. The van der Waals surface area contributed by atoms with Gasteiger partial charge in [-0.25, -0.2) is 0 Å². The van der Waals surface area contributed by atoms with E-state index in [2.05, 4.69) is 15.5 Å². The monoisotopic (exact) mass is 372 g/mol. The SMILES string of the molecule is Cn1c(SCC(=O)NCc2ccccc2)nnc1-c1ccccc1Cl. The van der Waals surface area contributed by atoms with Crippen molar-refractivity contribution in [1.82, 2.24) is 20.1 Å². The van der Waals surface area contributed by atoms with Crippen LogP contribution < -0.4 is 5.32 Å². The lowest BCUT2D eigenvalue weighted by Crippen LogP contribution is -2.24. The predicted molar refractivity (Wildman–Crippen MR) is 100 cm³/mol. The van der Waals surface area contributed by atoms with E-state index in [1.165, 1.54) is 11.8 Å². The smallest absolute Gasteiger partial charge is 0.230 e. The summed E-state index contributed by atoms with van der Waals surface area (Å²) >= 11 is 7.56. The molecule has 5 nitrogen and oxygen atoms in total. The lowest BCUT2D eigenvalue weighted by atomic mass is 10.2. The summed E-state index contributed by atoms with van der Waals surface area (Å²) in [5.41, 5.74) is 1.89. The van der Waals surface area contributed by atoms with E-state index in [1.807, 2.05) is 66.2 Å². The molecule has 0 saturated carbocycles. The number of nitrogens with one attached hydrogen (secondary N) is 1. The molecular weight excluding hydrogens is 356 g/mol. The average Bonchev–Trinajstić information content (AvgIpc) is 3.00. The first-order valence-corrected chi connectivity index (χ1v) is 9.09. The second-order valence-electron chi connectivity index (χ2n) is 5.40. The second-order valence-corrected chi connectivity index (χ2v) is 6.75. The Balaban J connectivity index is 1.59. The number of carbonyl (C=O) groups is 1. The van der Waals surface area contributed by atoms with Gasteiger partial charge in [-0.15, -0.1) is 10.2 Å². The van der Waals surface area contributed by atoms with Crippen LogP contribution in [0.2, 0.25) is 5.02 Å². The van der Waals surface area contributed by atoms with E-state index < -0.39 is 0 Å². The van der Waals surface area contributed by atoms with Crippen LogP contribution in [0.3, 0.4) is 0 Å². The molecule has 1 heterocycles. The third-order valence-electron chi connectivity index (χ3n) is 3.61. The van der Waals surface area contributed by atoms with Crippen molar-refractivity contribution in [2.24, 2.45) is 7.05 Å². The fraction of sp³-hybridized carbons (Fsp3) is 0.167. The Bertz CT molecular complexity index is 867. The van der Waals surface area contributed by atoms with Gasteiger partial charge in [-0.05, 0) is 17.7 Å². The predicted octanol–water partition coefficient (Wildman–Crippen LogP) is 3.54. The van der Waals surface area contributed by atoms with Crippen LogP contribution in [0.25, 0.3) is 11.4 Å². The highest BCUT2D eigenvalue weighted by atomic mass is 35.5. The van der Waals surface area contributed by atoms with Crippen molar-refractivity contribution in [2.75, 3.05) is 5.75 Å². The van der Waals surface area contributed by atoms with Crippen LogP contribution in [0.15, 0.2) is 59.8 Å². The molecule has 3 aromatic rings. The number of hydrogen-bond donors (Lipinski definition) is 1. The molecule has 25 heavy (non-hydrogen) atoms. The lowest BCUT2D eigenvalue weighted by molar-refractivity contribution is -0.118. The summed E-state index contributed by atoms with van der Waals surface area (Å²) < 4.78 is 1.84. The standard InChI is InChI=1S/C18H17ClN4OS/c1-23-17(14-9-5-6-10-15(14)19)21-22-18(23)25-12-16(24)20-11-13-7-3-2-4-8-13/h2-10H,11-12H2,1H3,(H,20,24). The van der Waals surface area contributed by atoms with Gasteiger partial charge in [0.15, 0.2) is 11.0 Å². The first-order valence-electron chi connectivity index (χ1n) is 7.73. The van der Waals surface area contributed by atoms with Gasteiger partial charge in [0, 0.05) is 19.2 Å². The number of nitrogens with zero attached hydrogens (tertiary/aromatic N) is 3. The van der Waals surface area contributed by atoms with Gasteiger partial charge in [0.1, 0.15) is 0 Å². The van der Waals surface area contributed by atoms with Gasteiger partial charge in [0.05, 0.1) is 10.8 Å². The number of rotatable bonds is 6. The highest BCUT2D eigenvalue weighted by Gasteiger charge is 2.14. The topological polar surface area (TPSA) is 59.8 Å². The molecule has 2 aromatic carbocycles. The molecule has 0 bridgehead atoms. The largest absolute Gasteiger partial charge is 0.351 e. The molecule has 7 heteroatoms. The fourth-order valence-corrected chi connectivity index (χ4v) is 3.26. The Morgan fingerprint density at radius 2 is 1.84 bits per heavy atom. The van der Waals surface area contributed by atoms with Crippen molar-refractivity contribution in [1.29, 1.82) is 0 Å². The van der Waals surface area contributed by atoms with Crippen LogP contribution in [0.5, 0.6) is 0 Å². The zero-order chi connectivity index (χ0) is 17.6. The summed E-state index contributed by atoms with van der Waals surface area (Å²) in [5.74, 6) is 0.912. The van der Waals surface area contributed by atoms with E-state index in [9.17, 15) is 4.79 Å². The van der Waals surface area contributed by atoms with Crippen LogP contribution >= 0.6 is 23.4 Å². The van der Waals surface area contributed by atoms with E-state index >= 15 is 0 Å². The van der Waals surface area contributed by atoms with Crippen LogP contribution in [0, 0.1) is 0 Å². The number of thioether (sulfide) groups is 1. The maximum atomic E-state index is 12.0. The van der Waals surface area contributed by atoms with E-state index in [0.29, 0.717) is 22.5 Å². The number of amides is 1. The van der Waals surface area contributed by atoms with Gasteiger partial charge in [-0.3, -0.25) is 4.79 Å². The average molecular weight is 373 g/mol. The molecule has 0 saturated heterocycles. The molecule has 0 aliphatic heterocycles. The molecular formula is C18H17ClN4OS. The van der Waals surface area contributed by atoms with E-state index in [4.69, 9.17) is 11.6 Å². The minimum Gasteiger partial charge on any atom is -0.351 e. The Hall–Kier alpha value is -2.31. The molecule has 1 aromatic heterocycles. The normalized spacial score (nSPS) is 10.6. The highest BCUT2D eigenvalue weighted by Crippen LogP contribution is 2.28. The number of aromatic nitrogens is 3. The molecule has 128 valence electrons. The van der Waals surface area contributed by atoms with Crippen molar-refractivity contribution < 1.29 is 4.79 Å². The third-order valence-corrected chi connectivity index (χ3v) is 4.96. The van der Waals surface area contributed by atoms with Gasteiger partial charge in [0.2, 0.25) is 5.91 Å². The summed E-state index contributed by atoms with van der Waals surface area (Å²) in [4.78, 5) is 12.0. The summed E-state index contributed by atoms with van der Waals surface area (Å²) in [6.45, 7) is 0.518. The number of carbonyl (C=O) groups excluding carboxylic acids is 1. The molecule has 0 unspecified atom stereocenters. The van der Waals surface area contributed by atoms with Crippen molar-refractivity contribution in [3.05, 3.63) is 65.2 Å². The quantitative estimate of drug-likeness (QED) is 0.672. The van der Waals surface area contributed by atoms with Crippen LogP contribution in [-0.4, -0.2) is 26.4 Å². The van der Waals surface area contributed by atoms with E-state index in [-0.39, 0.29) is 11.7 Å². The minimum atomic E-state index is -0.0452. The summed E-state index contributed by atoms with van der Waals surface area (Å²) in [6.07, 6.45) is 0. The first-order chi connectivity index (χ1) is 12.1. The van der Waals surface area contributed by atoms with Gasteiger partial charge in [-0.1, -0.05) is 65.8 Å². The fourth-order valence-electron chi connectivity index (χ4n) is 2.30. The number of halogens is 1. The summed E-state index contributed by atoms with van der Waals surface area (Å²) in [7, 11) is 1.86. The maximum Gasteiger partial charge on any atom is 0.230 e. The third kappa shape index (κ3) is 4.41. The molecule has 0 aliphatic carbocycles. The second kappa shape index (κ2) is 8.18. The molecule has 0 fully saturated rings. The van der Waals surface area contributed by atoms with Crippen molar-refractivity contribution in [2.45, 2.75) is 11.7 Å². The van der Waals surface area contributed by atoms with E-state index in [1.54, 1.807) is 0 Å². The zero-order valence-corrected chi connectivity index (χ0v) is 15.2. The van der Waals surface area contributed by atoms with Gasteiger partial charge < -0.3 is 9.88 Å². The Morgan fingerprint density at radius 3 is 2.60 bits per heavy atom. The van der Waals surface area contributed by atoms with Crippen LogP contribution in [0.4, 0.5) is 0 Å². The number of benzene rings is 2. The lowest BCUT2D eigenvalue weighted by Gasteiger charge is -2.06. The molecule has 0 atom stereocenters. The highest BCUT2D eigenvalue weighted by molar-refractivity contribution is 7.99. The molecule has 0 spiro atoms. The minimum absolute atomic E-state index is 0.0452. The van der Waals surface area contributed by atoms with Crippen LogP contribution in [-0.2, 0) is 18.4 Å². The molecule has 3 rings (SSSR count). The van der Waals surface area contributed by atoms with Gasteiger partial charge >= 0.3 is 0 Å². The first kappa shape index (κ1) is 17.5. The van der Waals surface area contributed by atoms with Crippen molar-refractivity contribution in [3.8, 4) is 11.4 Å². The molecule has 1 N–H and O–H groups in total. The summed E-state index contributed by atoms with van der Waals surface area (Å²) in [6, 6.07) is 17.3. The zero-order valence-electron chi connectivity index (χ0n) is 13.6. The molecule has 0 aliphatic rings.